The number of hydrogen-bond donors (Lipinski definition) is 0. The van der Waals surface area contributed by atoms with Crippen LogP contribution in [0.4, 0.5) is 4.39 Å². The third kappa shape index (κ3) is 2.69. The summed E-state index contributed by atoms with van der Waals surface area (Å²) in [5.74, 6) is 0.188. The van der Waals surface area contributed by atoms with Crippen molar-refractivity contribution in [2.45, 2.75) is 0 Å². The summed E-state index contributed by atoms with van der Waals surface area (Å²) in [5.41, 5.74) is 1.38. The molecule has 0 aliphatic heterocycles. The van der Waals surface area contributed by atoms with Gasteiger partial charge in [0.15, 0.2) is 0 Å². The van der Waals surface area contributed by atoms with Crippen molar-refractivity contribution in [2.75, 3.05) is 7.11 Å². The molecule has 0 amide bonds. The van der Waals surface area contributed by atoms with Gasteiger partial charge in [-0.3, -0.25) is 0 Å². The van der Waals surface area contributed by atoms with Crippen LogP contribution in [-0.4, -0.2) is 12.1 Å². The second-order valence-electron chi connectivity index (χ2n) is 3.31. The van der Waals surface area contributed by atoms with E-state index in [1.54, 1.807) is 13.2 Å². The number of methoxy groups -OCH3 is 1. The number of ether oxygens (including phenoxy) is 1. The lowest BCUT2D eigenvalue weighted by atomic mass is 10.1. The number of benzene rings is 1. The molecule has 2 aromatic rings. The Balaban J connectivity index is 2.58. The van der Waals surface area contributed by atoms with Gasteiger partial charge in [-0.25, -0.2) is 9.37 Å². The Hall–Kier alpha value is -0.880. The summed E-state index contributed by atoms with van der Waals surface area (Å²) in [6.45, 7) is 0. The lowest BCUT2D eigenvalue weighted by Gasteiger charge is -2.08. The van der Waals surface area contributed by atoms with Gasteiger partial charge in [-0.2, -0.15) is 0 Å². The Morgan fingerprint density at radius 3 is 2.71 bits per heavy atom. The van der Waals surface area contributed by atoms with Crippen LogP contribution in [0.3, 0.4) is 0 Å². The average molecular weight is 364 g/mol. The van der Waals surface area contributed by atoms with Crippen LogP contribution in [0.1, 0.15) is 0 Å². The van der Waals surface area contributed by atoms with E-state index in [4.69, 9.17) is 16.3 Å². The molecular formula is C12H8ClFINO. The van der Waals surface area contributed by atoms with E-state index >= 15 is 0 Å². The second-order valence-corrected chi connectivity index (χ2v) is 4.83. The molecule has 2 nitrogen and oxygen atoms in total. The normalized spacial score (nSPS) is 10.4. The molecule has 0 spiro atoms. The molecule has 1 heterocycles. The quantitative estimate of drug-likeness (QED) is 0.590. The molecule has 0 saturated carbocycles. The molecule has 5 heteroatoms. The van der Waals surface area contributed by atoms with Gasteiger partial charge in [0.25, 0.3) is 0 Å². The van der Waals surface area contributed by atoms with Gasteiger partial charge in [0.05, 0.1) is 12.1 Å². The number of rotatable bonds is 2. The zero-order chi connectivity index (χ0) is 12.4. The van der Waals surface area contributed by atoms with Gasteiger partial charge in [0, 0.05) is 5.56 Å². The molecule has 0 radical (unpaired) electrons. The molecule has 0 unspecified atom stereocenters. The highest BCUT2D eigenvalue weighted by molar-refractivity contribution is 14.1. The fraction of sp³-hybridized carbons (Fsp3) is 0.0833. The summed E-state index contributed by atoms with van der Waals surface area (Å²) < 4.78 is 19.1. The lowest BCUT2D eigenvalue weighted by Crippen LogP contribution is -1.93. The van der Waals surface area contributed by atoms with Crippen molar-refractivity contribution in [1.29, 1.82) is 0 Å². The molecule has 0 fully saturated rings. The molecule has 0 aliphatic rings. The Kier molecular flexibility index (Phi) is 3.83. The van der Waals surface area contributed by atoms with Crippen LogP contribution in [0.5, 0.6) is 5.75 Å². The number of pyridine rings is 1. The molecule has 0 bridgehead atoms. The maximum atomic E-state index is 13.1. The van der Waals surface area contributed by atoms with E-state index in [0.717, 1.165) is 9.26 Å². The second kappa shape index (κ2) is 5.18. The maximum absolute atomic E-state index is 13.1. The van der Waals surface area contributed by atoms with Crippen molar-refractivity contribution in [3.05, 3.63) is 44.9 Å². The summed E-state index contributed by atoms with van der Waals surface area (Å²) in [5, 5.41) is 0.0743. The van der Waals surface area contributed by atoms with E-state index in [-0.39, 0.29) is 5.02 Å². The van der Waals surface area contributed by atoms with Crippen LogP contribution in [0.2, 0.25) is 5.02 Å². The van der Waals surface area contributed by atoms with Crippen LogP contribution in [0.25, 0.3) is 11.3 Å². The maximum Gasteiger partial charge on any atom is 0.145 e. The topological polar surface area (TPSA) is 22.1 Å². The fourth-order valence-electron chi connectivity index (χ4n) is 1.44. The predicted octanol–water partition coefficient (Wildman–Crippen LogP) is 4.15. The highest BCUT2D eigenvalue weighted by atomic mass is 127. The minimum absolute atomic E-state index is 0.0743. The van der Waals surface area contributed by atoms with Gasteiger partial charge in [-0.05, 0) is 52.9 Å². The first kappa shape index (κ1) is 12.6. The highest BCUT2D eigenvalue weighted by Gasteiger charge is 2.10. The average Bonchev–Trinajstić information content (AvgIpc) is 2.32. The lowest BCUT2D eigenvalue weighted by molar-refractivity contribution is 0.414. The van der Waals surface area contributed by atoms with E-state index in [2.05, 4.69) is 27.6 Å². The number of nitrogens with zero attached hydrogens (tertiary/aromatic N) is 1. The first-order valence-corrected chi connectivity index (χ1v) is 6.23. The highest BCUT2D eigenvalue weighted by Crippen LogP contribution is 2.30. The molecule has 2 rings (SSSR count). The predicted molar refractivity (Wildman–Crippen MR) is 73.9 cm³/mol. The van der Waals surface area contributed by atoms with Gasteiger partial charge in [-0.1, -0.05) is 11.6 Å². The van der Waals surface area contributed by atoms with E-state index in [1.807, 2.05) is 12.1 Å². The minimum Gasteiger partial charge on any atom is -0.494 e. The number of aromatic nitrogens is 1. The molecular weight excluding hydrogens is 355 g/mol. The Morgan fingerprint density at radius 2 is 2.06 bits per heavy atom. The summed E-state index contributed by atoms with van der Waals surface area (Å²) in [6, 6.07) is 8.15. The van der Waals surface area contributed by atoms with Crippen LogP contribution in [0, 0.1) is 9.52 Å². The largest absolute Gasteiger partial charge is 0.494 e. The van der Waals surface area contributed by atoms with Crippen molar-refractivity contribution in [3.63, 3.8) is 0 Å². The van der Waals surface area contributed by atoms with E-state index in [9.17, 15) is 4.39 Å². The van der Waals surface area contributed by atoms with Crippen molar-refractivity contribution in [1.82, 2.24) is 4.98 Å². The summed E-state index contributed by atoms with van der Waals surface area (Å²) >= 11 is 7.86. The molecule has 17 heavy (non-hydrogen) atoms. The third-order valence-electron chi connectivity index (χ3n) is 2.24. The molecule has 0 N–H and O–H groups in total. The summed E-state index contributed by atoms with van der Waals surface area (Å²) in [4.78, 5) is 4.37. The smallest absolute Gasteiger partial charge is 0.145 e. The monoisotopic (exact) mass is 363 g/mol. The summed E-state index contributed by atoms with van der Waals surface area (Å²) in [7, 11) is 1.57. The first-order chi connectivity index (χ1) is 8.11. The molecule has 88 valence electrons. The zero-order valence-corrected chi connectivity index (χ0v) is 11.8. The first-order valence-electron chi connectivity index (χ1n) is 4.78. The minimum atomic E-state index is -0.444. The Bertz CT molecular complexity index is 562. The Labute approximate surface area is 117 Å². The molecule has 1 aromatic carbocycles. The molecule has 0 atom stereocenters. The standard InChI is InChI=1S/C12H8ClFINO/c1-17-10-4-5-11(15)16-12(10)7-2-3-9(14)8(13)6-7/h2-6H,1H3. The summed E-state index contributed by atoms with van der Waals surface area (Å²) in [6.07, 6.45) is 0. The SMILES string of the molecule is COc1ccc(I)nc1-c1ccc(F)c(Cl)c1. The van der Waals surface area contributed by atoms with Crippen LogP contribution in [-0.2, 0) is 0 Å². The van der Waals surface area contributed by atoms with Gasteiger partial charge in [0.1, 0.15) is 21.0 Å². The number of hydrogen-bond acceptors (Lipinski definition) is 2. The van der Waals surface area contributed by atoms with Gasteiger partial charge < -0.3 is 4.74 Å². The molecule has 0 aliphatic carbocycles. The van der Waals surface area contributed by atoms with Crippen LogP contribution < -0.4 is 4.74 Å². The zero-order valence-electron chi connectivity index (χ0n) is 8.88. The van der Waals surface area contributed by atoms with E-state index in [0.29, 0.717) is 11.4 Å². The van der Waals surface area contributed by atoms with Crippen molar-refractivity contribution < 1.29 is 9.13 Å². The van der Waals surface area contributed by atoms with Crippen molar-refractivity contribution >= 4 is 34.2 Å². The molecule has 1 aromatic heterocycles. The van der Waals surface area contributed by atoms with Crippen molar-refractivity contribution in [2.24, 2.45) is 0 Å². The van der Waals surface area contributed by atoms with Crippen molar-refractivity contribution in [3.8, 4) is 17.0 Å². The van der Waals surface area contributed by atoms with E-state index in [1.165, 1.54) is 12.1 Å². The Morgan fingerprint density at radius 1 is 1.29 bits per heavy atom. The van der Waals surface area contributed by atoms with Gasteiger partial charge in [-0.15, -0.1) is 0 Å². The molecule has 0 saturated heterocycles. The third-order valence-corrected chi connectivity index (χ3v) is 3.13. The van der Waals surface area contributed by atoms with E-state index < -0.39 is 5.82 Å². The van der Waals surface area contributed by atoms with Crippen LogP contribution in [0.15, 0.2) is 30.3 Å². The van der Waals surface area contributed by atoms with Gasteiger partial charge in [0.2, 0.25) is 0 Å². The van der Waals surface area contributed by atoms with Gasteiger partial charge >= 0.3 is 0 Å². The van der Waals surface area contributed by atoms with Crippen LogP contribution >= 0.6 is 34.2 Å². The fourth-order valence-corrected chi connectivity index (χ4v) is 2.04. The number of halogens is 3.